The summed E-state index contributed by atoms with van der Waals surface area (Å²) in [6.45, 7) is 4.05. The third-order valence-corrected chi connectivity index (χ3v) is 6.14. The molecule has 1 amide bonds. The van der Waals surface area contributed by atoms with Crippen LogP contribution in [0.3, 0.4) is 0 Å². The number of fused-ring (bicyclic) bond motifs is 1. The number of nitrogens with one attached hydrogen (secondary N) is 1. The van der Waals surface area contributed by atoms with Crippen molar-refractivity contribution >= 4 is 38.3 Å². The van der Waals surface area contributed by atoms with Crippen molar-refractivity contribution in [3.8, 4) is 11.5 Å². The first-order chi connectivity index (χ1) is 14.1. The van der Waals surface area contributed by atoms with Crippen LogP contribution < -0.4 is 19.7 Å². The predicted octanol–water partition coefficient (Wildman–Crippen LogP) is 3.32. The number of nitrogens with zero attached hydrogens (tertiary/aromatic N) is 3. The summed E-state index contributed by atoms with van der Waals surface area (Å²) in [5.74, 6) is 0.856. The molecule has 1 fully saturated rings. The number of anilines is 2. The Labute approximate surface area is 173 Å². The summed E-state index contributed by atoms with van der Waals surface area (Å²) >= 11 is 1.66. The molecular formula is C21H24N4O3S. The molecule has 1 saturated heterocycles. The second-order valence-corrected chi connectivity index (χ2v) is 8.00. The van der Waals surface area contributed by atoms with E-state index in [1.54, 1.807) is 43.8 Å². The van der Waals surface area contributed by atoms with Crippen molar-refractivity contribution in [1.82, 2.24) is 9.88 Å². The van der Waals surface area contributed by atoms with E-state index in [2.05, 4.69) is 22.2 Å². The van der Waals surface area contributed by atoms with Gasteiger partial charge in [0.15, 0.2) is 5.13 Å². The highest BCUT2D eigenvalue weighted by atomic mass is 32.1. The van der Waals surface area contributed by atoms with Crippen molar-refractivity contribution in [2.45, 2.75) is 0 Å². The van der Waals surface area contributed by atoms with Gasteiger partial charge in [-0.2, -0.15) is 0 Å². The smallest absolute Gasteiger partial charge is 0.259 e. The monoisotopic (exact) mass is 412 g/mol. The third kappa shape index (κ3) is 4.13. The molecule has 1 aliphatic heterocycles. The number of likely N-dealkylation sites (N-methyl/N-ethyl adjacent to an activating group) is 1. The maximum atomic E-state index is 12.8. The average molecular weight is 413 g/mol. The first-order valence-corrected chi connectivity index (χ1v) is 10.3. The zero-order valence-electron chi connectivity index (χ0n) is 16.8. The van der Waals surface area contributed by atoms with E-state index in [9.17, 15) is 4.79 Å². The molecular weight excluding hydrogens is 388 g/mol. The minimum Gasteiger partial charge on any atom is -0.497 e. The number of carbonyl (C=O) groups is 1. The van der Waals surface area contributed by atoms with Gasteiger partial charge in [-0.3, -0.25) is 4.79 Å². The number of piperazine rings is 1. The largest absolute Gasteiger partial charge is 0.497 e. The number of hydrogen-bond acceptors (Lipinski definition) is 7. The van der Waals surface area contributed by atoms with Gasteiger partial charge in [0.2, 0.25) is 0 Å². The van der Waals surface area contributed by atoms with Crippen molar-refractivity contribution in [1.29, 1.82) is 0 Å². The predicted molar refractivity (Wildman–Crippen MR) is 117 cm³/mol. The average Bonchev–Trinajstić information content (AvgIpc) is 3.17. The fraction of sp³-hybridized carbons (Fsp3) is 0.333. The molecule has 2 aromatic carbocycles. The molecule has 0 unspecified atom stereocenters. The number of carbonyl (C=O) groups excluding carboxylic acids is 1. The highest BCUT2D eigenvalue weighted by Crippen LogP contribution is 2.32. The fourth-order valence-electron chi connectivity index (χ4n) is 3.31. The standard InChI is InChI=1S/C21H24N4O3S/c1-24-8-10-25(11-9-24)21-23-17-6-4-14(12-19(17)29-21)22-20(26)16-13-15(27-2)5-7-18(16)28-3/h4-7,12-13H,8-11H2,1-3H3,(H,22,26). The Morgan fingerprint density at radius 2 is 1.86 bits per heavy atom. The van der Waals surface area contributed by atoms with Gasteiger partial charge < -0.3 is 24.6 Å². The quantitative estimate of drug-likeness (QED) is 0.694. The second-order valence-electron chi connectivity index (χ2n) is 6.99. The molecule has 0 spiro atoms. The van der Waals surface area contributed by atoms with Gasteiger partial charge in [-0.25, -0.2) is 4.98 Å². The zero-order valence-corrected chi connectivity index (χ0v) is 17.6. The van der Waals surface area contributed by atoms with Crippen LogP contribution in [0.5, 0.6) is 11.5 Å². The van der Waals surface area contributed by atoms with Crippen molar-refractivity contribution in [3.63, 3.8) is 0 Å². The Hall–Kier alpha value is -2.84. The van der Waals surface area contributed by atoms with E-state index in [1.165, 1.54) is 0 Å². The molecule has 0 saturated carbocycles. The summed E-state index contributed by atoms with van der Waals surface area (Å²) in [5.41, 5.74) is 2.09. The molecule has 0 bridgehead atoms. The van der Waals surface area contributed by atoms with Crippen LogP contribution >= 0.6 is 11.3 Å². The van der Waals surface area contributed by atoms with E-state index >= 15 is 0 Å². The molecule has 0 atom stereocenters. The number of benzene rings is 2. The molecule has 4 rings (SSSR count). The maximum absolute atomic E-state index is 12.8. The number of amides is 1. The summed E-state index contributed by atoms with van der Waals surface area (Å²) in [7, 11) is 5.25. The first kappa shape index (κ1) is 19.5. The second kappa shape index (κ2) is 8.26. The van der Waals surface area contributed by atoms with Gasteiger partial charge in [0.25, 0.3) is 5.91 Å². The summed E-state index contributed by atoms with van der Waals surface area (Å²) in [6.07, 6.45) is 0. The maximum Gasteiger partial charge on any atom is 0.259 e. The Morgan fingerprint density at radius 3 is 2.59 bits per heavy atom. The van der Waals surface area contributed by atoms with Crippen molar-refractivity contribution in [2.24, 2.45) is 0 Å². The summed E-state index contributed by atoms with van der Waals surface area (Å²) in [4.78, 5) is 22.2. The van der Waals surface area contributed by atoms with E-state index in [-0.39, 0.29) is 5.91 Å². The van der Waals surface area contributed by atoms with Gasteiger partial charge in [-0.15, -0.1) is 0 Å². The number of rotatable bonds is 5. The van der Waals surface area contributed by atoms with Gasteiger partial charge in [0.05, 0.1) is 30.0 Å². The van der Waals surface area contributed by atoms with Crippen LogP contribution in [0.25, 0.3) is 10.2 Å². The number of ether oxygens (including phenoxy) is 2. The highest BCUT2D eigenvalue weighted by Gasteiger charge is 2.18. The molecule has 0 radical (unpaired) electrons. The van der Waals surface area contributed by atoms with Crippen LogP contribution in [0.1, 0.15) is 10.4 Å². The van der Waals surface area contributed by atoms with Crippen molar-refractivity contribution in [2.75, 3.05) is 57.7 Å². The number of methoxy groups -OCH3 is 2. The minimum atomic E-state index is -0.246. The van der Waals surface area contributed by atoms with Gasteiger partial charge in [0, 0.05) is 31.9 Å². The topological polar surface area (TPSA) is 66.9 Å². The van der Waals surface area contributed by atoms with Crippen LogP contribution in [-0.4, -0.2) is 63.2 Å². The van der Waals surface area contributed by atoms with Gasteiger partial charge in [-0.1, -0.05) is 11.3 Å². The van der Waals surface area contributed by atoms with Gasteiger partial charge in [-0.05, 0) is 43.4 Å². The SMILES string of the molecule is COc1ccc(OC)c(C(=O)Nc2ccc3nc(N4CCN(C)CC4)sc3c2)c1. The molecule has 7 nitrogen and oxygen atoms in total. The number of thiazole rings is 1. The summed E-state index contributed by atoms with van der Waals surface area (Å²) < 4.78 is 11.6. The Bertz CT molecular complexity index is 1030. The third-order valence-electron chi connectivity index (χ3n) is 5.06. The zero-order chi connectivity index (χ0) is 20.4. The lowest BCUT2D eigenvalue weighted by molar-refractivity contribution is 0.102. The number of hydrogen-bond donors (Lipinski definition) is 1. The molecule has 1 aliphatic rings. The molecule has 1 aromatic heterocycles. The Kier molecular flexibility index (Phi) is 5.55. The molecule has 152 valence electrons. The van der Waals surface area contributed by atoms with E-state index in [1.807, 2.05) is 18.2 Å². The normalized spacial score (nSPS) is 14.8. The Morgan fingerprint density at radius 1 is 1.07 bits per heavy atom. The lowest BCUT2D eigenvalue weighted by Crippen LogP contribution is -2.44. The van der Waals surface area contributed by atoms with Crippen LogP contribution in [0.15, 0.2) is 36.4 Å². The van der Waals surface area contributed by atoms with Gasteiger partial charge in [0.1, 0.15) is 11.5 Å². The summed E-state index contributed by atoms with van der Waals surface area (Å²) in [5, 5.41) is 3.99. The molecule has 8 heteroatoms. The molecule has 3 aromatic rings. The van der Waals surface area contributed by atoms with Crippen LogP contribution in [0.4, 0.5) is 10.8 Å². The molecule has 0 aliphatic carbocycles. The van der Waals surface area contributed by atoms with Crippen LogP contribution in [0, 0.1) is 0 Å². The van der Waals surface area contributed by atoms with Gasteiger partial charge >= 0.3 is 0 Å². The van der Waals surface area contributed by atoms with E-state index in [4.69, 9.17) is 14.5 Å². The Balaban J connectivity index is 1.55. The lowest BCUT2D eigenvalue weighted by Gasteiger charge is -2.31. The van der Waals surface area contributed by atoms with E-state index in [0.29, 0.717) is 17.1 Å². The van der Waals surface area contributed by atoms with E-state index < -0.39 is 0 Å². The molecule has 1 N–H and O–H groups in total. The lowest BCUT2D eigenvalue weighted by atomic mass is 10.1. The van der Waals surface area contributed by atoms with Crippen LogP contribution in [-0.2, 0) is 0 Å². The number of aromatic nitrogens is 1. The van der Waals surface area contributed by atoms with Crippen LogP contribution in [0.2, 0.25) is 0 Å². The minimum absolute atomic E-state index is 0.246. The summed E-state index contributed by atoms with van der Waals surface area (Å²) in [6, 6.07) is 11.0. The van der Waals surface area contributed by atoms with Crippen molar-refractivity contribution < 1.29 is 14.3 Å². The highest BCUT2D eigenvalue weighted by molar-refractivity contribution is 7.22. The molecule has 29 heavy (non-hydrogen) atoms. The fourth-order valence-corrected chi connectivity index (χ4v) is 4.37. The van der Waals surface area contributed by atoms with E-state index in [0.717, 1.165) is 47.2 Å². The molecule has 2 heterocycles. The first-order valence-electron chi connectivity index (χ1n) is 9.45. The van der Waals surface area contributed by atoms with Crippen molar-refractivity contribution in [3.05, 3.63) is 42.0 Å².